The Morgan fingerprint density at radius 2 is 1.90 bits per heavy atom. The average molecular weight is 486 g/mol. The number of imide groups is 1. The van der Waals surface area contributed by atoms with Crippen LogP contribution in [0.2, 0.25) is 0 Å². The van der Waals surface area contributed by atoms with E-state index in [0.29, 0.717) is 15.8 Å². The summed E-state index contributed by atoms with van der Waals surface area (Å²) in [4.78, 5) is 49.1. The first-order chi connectivity index (χ1) is 13.8. The van der Waals surface area contributed by atoms with Gasteiger partial charge < -0.3 is 14.2 Å². The maximum absolute atomic E-state index is 12.6. The molecule has 10 heteroatoms. The number of thioether (sulfide) groups is 1. The minimum Gasteiger partial charge on any atom is -0.481 e. The van der Waals surface area contributed by atoms with Crippen molar-refractivity contribution in [3.05, 3.63) is 33.1 Å². The van der Waals surface area contributed by atoms with E-state index >= 15 is 0 Å². The van der Waals surface area contributed by atoms with E-state index in [9.17, 15) is 19.2 Å². The van der Waals surface area contributed by atoms with Crippen molar-refractivity contribution >= 4 is 56.9 Å². The molecule has 1 unspecified atom stereocenters. The van der Waals surface area contributed by atoms with Gasteiger partial charge in [-0.15, -0.1) is 0 Å². The first-order valence-corrected chi connectivity index (χ1v) is 10.4. The van der Waals surface area contributed by atoms with Crippen molar-refractivity contribution in [2.24, 2.45) is 0 Å². The van der Waals surface area contributed by atoms with Gasteiger partial charge in [0.25, 0.3) is 11.1 Å². The molecule has 156 valence electrons. The van der Waals surface area contributed by atoms with Crippen LogP contribution in [0.3, 0.4) is 0 Å². The van der Waals surface area contributed by atoms with Crippen molar-refractivity contribution in [3.63, 3.8) is 0 Å². The van der Waals surface area contributed by atoms with Crippen molar-refractivity contribution in [1.29, 1.82) is 0 Å². The van der Waals surface area contributed by atoms with Crippen LogP contribution in [0.5, 0.6) is 5.75 Å². The maximum Gasteiger partial charge on any atom is 0.344 e. The molecule has 0 spiro atoms. The highest BCUT2D eigenvalue weighted by Gasteiger charge is 2.41. The predicted molar refractivity (Wildman–Crippen MR) is 110 cm³/mol. The van der Waals surface area contributed by atoms with E-state index in [1.807, 2.05) is 0 Å². The molecule has 0 radical (unpaired) electrons. The second-order valence-corrected chi connectivity index (χ2v) is 7.61. The molecule has 1 fully saturated rings. The molecule has 8 nitrogen and oxygen atoms in total. The van der Waals surface area contributed by atoms with E-state index in [0.717, 1.165) is 16.7 Å². The molecule has 1 aromatic carbocycles. The number of carbonyl (C=O) groups is 4. The first-order valence-electron chi connectivity index (χ1n) is 8.80. The summed E-state index contributed by atoms with van der Waals surface area (Å²) in [6.07, 6.45) is 1.54. The monoisotopic (exact) mass is 485 g/mol. The molecule has 2 amide bonds. The Morgan fingerprint density at radius 3 is 2.52 bits per heavy atom. The third-order valence-electron chi connectivity index (χ3n) is 3.74. The van der Waals surface area contributed by atoms with Crippen molar-refractivity contribution < 1.29 is 33.4 Å². The summed E-state index contributed by atoms with van der Waals surface area (Å²) in [6.45, 7) is 5.01. The van der Waals surface area contributed by atoms with Crippen LogP contribution in [-0.4, -0.2) is 53.8 Å². The molecule has 2 rings (SSSR count). The van der Waals surface area contributed by atoms with E-state index in [1.54, 1.807) is 38.1 Å². The molecular weight excluding hydrogens is 466 g/mol. The lowest BCUT2D eigenvalue weighted by atomic mass is 10.2. The summed E-state index contributed by atoms with van der Waals surface area (Å²) in [5.74, 6) is -1.24. The van der Waals surface area contributed by atoms with E-state index in [2.05, 4.69) is 15.9 Å². The fourth-order valence-electron chi connectivity index (χ4n) is 2.40. The topological polar surface area (TPSA) is 99.2 Å². The van der Waals surface area contributed by atoms with Crippen LogP contribution in [0.4, 0.5) is 4.79 Å². The normalized spacial score (nSPS) is 16.1. The van der Waals surface area contributed by atoms with Gasteiger partial charge in [-0.2, -0.15) is 0 Å². The number of hydrogen-bond acceptors (Lipinski definition) is 8. The number of carbonyl (C=O) groups excluding carboxylic acids is 4. The van der Waals surface area contributed by atoms with Crippen LogP contribution in [0.15, 0.2) is 27.6 Å². The third kappa shape index (κ3) is 5.83. The van der Waals surface area contributed by atoms with Gasteiger partial charge in [0, 0.05) is 0 Å². The molecule has 0 aromatic heterocycles. The molecule has 1 aromatic rings. The first kappa shape index (κ1) is 23.0. The summed E-state index contributed by atoms with van der Waals surface area (Å²) in [5, 5.41) is -0.532. The lowest BCUT2D eigenvalue weighted by molar-refractivity contribution is -0.150. The van der Waals surface area contributed by atoms with Crippen LogP contribution < -0.4 is 4.74 Å². The van der Waals surface area contributed by atoms with Gasteiger partial charge in [-0.25, -0.2) is 9.59 Å². The number of hydrogen-bond donors (Lipinski definition) is 0. The van der Waals surface area contributed by atoms with E-state index < -0.39 is 29.1 Å². The van der Waals surface area contributed by atoms with Crippen LogP contribution in [0, 0.1) is 0 Å². The lowest BCUT2D eigenvalue weighted by Crippen LogP contribution is -2.42. The quantitative estimate of drug-likeness (QED) is 0.408. The largest absolute Gasteiger partial charge is 0.481 e. The molecular formula is C19H20BrNO7S. The molecule has 1 heterocycles. The number of benzene rings is 1. The smallest absolute Gasteiger partial charge is 0.344 e. The Kier molecular flexibility index (Phi) is 8.27. The SMILES string of the molecule is CCOC(=O)COc1ccc(/C=C2/SC(=O)N(C(C)C(=O)OCC)C2=O)cc1Br. The molecule has 0 bridgehead atoms. The van der Waals surface area contributed by atoms with Crippen molar-refractivity contribution in [1.82, 2.24) is 4.90 Å². The molecule has 1 saturated heterocycles. The summed E-state index contributed by atoms with van der Waals surface area (Å²) in [6, 6.07) is 3.98. The highest BCUT2D eigenvalue weighted by atomic mass is 79.9. The summed E-state index contributed by atoms with van der Waals surface area (Å²) in [7, 11) is 0. The third-order valence-corrected chi connectivity index (χ3v) is 5.25. The fourth-order valence-corrected chi connectivity index (χ4v) is 3.82. The number of ether oxygens (including phenoxy) is 3. The van der Waals surface area contributed by atoms with Crippen LogP contribution in [0.25, 0.3) is 6.08 Å². The summed E-state index contributed by atoms with van der Waals surface area (Å²) < 4.78 is 15.6. The van der Waals surface area contributed by atoms with Gasteiger partial charge in [-0.1, -0.05) is 6.07 Å². The number of amides is 2. The molecule has 1 aliphatic rings. The lowest BCUT2D eigenvalue weighted by Gasteiger charge is -2.19. The van der Waals surface area contributed by atoms with Crippen molar-refractivity contribution in [2.75, 3.05) is 19.8 Å². The second kappa shape index (κ2) is 10.4. The molecule has 0 N–H and O–H groups in total. The van der Waals surface area contributed by atoms with Gasteiger partial charge in [0.1, 0.15) is 11.8 Å². The highest BCUT2D eigenvalue weighted by molar-refractivity contribution is 9.10. The molecule has 1 aliphatic heterocycles. The fraction of sp³-hybridized carbons (Fsp3) is 0.368. The summed E-state index contributed by atoms with van der Waals surface area (Å²) in [5.41, 5.74) is 0.634. The second-order valence-electron chi connectivity index (χ2n) is 5.76. The summed E-state index contributed by atoms with van der Waals surface area (Å²) >= 11 is 4.10. The zero-order valence-electron chi connectivity index (χ0n) is 16.1. The van der Waals surface area contributed by atoms with Gasteiger partial charge in [-0.05, 0) is 72.2 Å². The van der Waals surface area contributed by atoms with Crippen molar-refractivity contribution in [3.8, 4) is 5.75 Å². The Hall–Kier alpha value is -2.33. The molecule has 29 heavy (non-hydrogen) atoms. The van der Waals surface area contributed by atoms with Gasteiger partial charge in [0.2, 0.25) is 0 Å². The minimum absolute atomic E-state index is 0.161. The Balaban J connectivity index is 2.12. The van der Waals surface area contributed by atoms with Crippen molar-refractivity contribution in [2.45, 2.75) is 26.8 Å². The van der Waals surface area contributed by atoms with Gasteiger partial charge in [0.05, 0.1) is 22.6 Å². The predicted octanol–water partition coefficient (Wildman–Crippen LogP) is 3.38. The van der Waals surface area contributed by atoms with Crippen LogP contribution >= 0.6 is 27.7 Å². The Morgan fingerprint density at radius 1 is 1.21 bits per heavy atom. The van der Waals surface area contributed by atoms with E-state index in [1.165, 1.54) is 6.92 Å². The standard InChI is InChI=1S/C19H20BrNO7S/c1-4-26-16(22)10-28-14-7-6-12(8-13(14)20)9-15-17(23)21(19(25)29-15)11(3)18(24)27-5-2/h6-9,11H,4-5,10H2,1-3H3/b15-9+. The van der Waals surface area contributed by atoms with E-state index in [4.69, 9.17) is 14.2 Å². The molecule has 0 saturated carbocycles. The molecule has 1 atom stereocenters. The Labute approximate surface area is 180 Å². The van der Waals surface area contributed by atoms with Gasteiger partial charge in [-0.3, -0.25) is 14.5 Å². The van der Waals surface area contributed by atoms with E-state index in [-0.39, 0.29) is 24.7 Å². The number of esters is 2. The zero-order valence-corrected chi connectivity index (χ0v) is 18.5. The van der Waals surface area contributed by atoms with Gasteiger partial charge in [0.15, 0.2) is 6.61 Å². The number of halogens is 1. The zero-order chi connectivity index (χ0) is 21.6. The minimum atomic E-state index is -1.00. The maximum atomic E-state index is 12.6. The molecule has 0 aliphatic carbocycles. The number of nitrogens with zero attached hydrogens (tertiary/aromatic N) is 1. The van der Waals surface area contributed by atoms with Crippen LogP contribution in [-0.2, 0) is 23.9 Å². The number of rotatable bonds is 8. The van der Waals surface area contributed by atoms with Crippen LogP contribution in [0.1, 0.15) is 26.3 Å². The average Bonchev–Trinajstić information content (AvgIpc) is 2.94. The van der Waals surface area contributed by atoms with Gasteiger partial charge >= 0.3 is 11.9 Å². The highest BCUT2D eigenvalue weighted by Crippen LogP contribution is 2.35. The Bertz CT molecular complexity index is 855.